The molecule has 8 nitrogen and oxygen atoms in total. The number of primary amides is 1. The molecular weight excluding hydrogens is 374 g/mol. The minimum absolute atomic E-state index is 0.0417. The number of halogens is 2. The van der Waals surface area contributed by atoms with Crippen LogP contribution in [0.4, 0.5) is 8.78 Å². The highest BCUT2D eigenvalue weighted by molar-refractivity contribution is 5.92. The summed E-state index contributed by atoms with van der Waals surface area (Å²) in [7, 11) is 1.28. The van der Waals surface area contributed by atoms with Gasteiger partial charge >= 0.3 is 0 Å². The standard InChI is InChI=1S/C18H18F2N4O4/c1-28-15-9-14(25)16(18(27)23-6-4-10(5-7-23)17(21)26)22-24(15)11-2-3-12(19)13(20)8-11/h2-3,8-10H,4-7H2,1H3,(H2,21,26). The molecule has 148 valence electrons. The molecule has 0 aliphatic carbocycles. The zero-order valence-corrected chi connectivity index (χ0v) is 15.0. The van der Waals surface area contributed by atoms with Crippen molar-refractivity contribution < 1.29 is 23.1 Å². The number of carbonyl (C=O) groups is 2. The average Bonchev–Trinajstić information content (AvgIpc) is 2.69. The van der Waals surface area contributed by atoms with Crippen molar-refractivity contribution in [2.75, 3.05) is 20.2 Å². The molecule has 1 aromatic heterocycles. The van der Waals surface area contributed by atoms with E-state index in [0.29, 0.717) is 12.8 Å². The summed E-state index contributed by atoms with van der Waals surface area (Å²) >= 11 is 0. The number of benzene rings is 1. The molecule has 0 bridgehead atoms. The van der Waals surface area contributed by atoms with E-state index in [2.05, 4.69) is 5.10 Å². The molecule has 2 aromatic rings. The molecule has 1 aromatic carbocycles. The average molecular weight is 392 g/mol. The number of piperidine rings is 1. The fourth-order valence-electron chi connectivity index (χ4n) is 3.05. The molecule has 3 rings (SSSR count). The molecule has 1 fully saturated rings. The van der Waals surface area contributed by atoms with Crippen molar-refractivity contribution in [3.8, 4) is 11.6 Å². The molecule has 2 amide bonds. The van der Waals surface area contributed by atoms with E-state index in [-0.39, 0.29) is 36.3 Å². The lowest BCUT2D eigenvalue weighted by Gasteiger charge is -2.30. The van der Waals surface area contributed by atoms with Gasteiger partial charge in [0.2, 0.25) is 17.2 Å². The Morgan fingerprint density at radius 3 is 2.43 bits per heavy atom. The zero-order chi connectivity index (χ0) is 20.4. The minimum atomic E-state index is -1.11. The Balaban J connectivity index is 1.96. The van der Waals surface area contributed by atoms with Crippen molar-refractivity contribution in [2.45, 2.75) is 12.8 Å². The van der Waals surface area contributed by atoms with Crippen LogP contribution in [0.1, 0.15) is 23.3 Å². The lowest BCUT2D eigenvalue weighted by atomic mass is 9.96. The van der Waals surface area contributed by atoms with Gasteiger partial charge in [0.25, 0.3) is 5.91 Å². The van der Waals surface area contributed by atoms with E-state index in [1.165, 1.54) is 18.1 Å². The second kappa shape index (κ2) is 7.75. The first-order chi connectivity index (χ1) is 13.3. The molecule has 0 unspecified atom stereocenters. The molecule has 0 radical (unpaired) electrons. The van der Waals surface area contributed by atoms with Crippen LogP contribution in [0.2, 0.25) is 0 Å². The number of methoxy groups -OCH3 is 1. The topological polar surface area (TPSA) is 108 Å². The highest BCUT2D eigenvalue weighted by Gasteiger charge is 2.29. The second-order valence-electron chi connectivity index (χ2n) is 6.38. The molecule has 0 atom stereocenters. The van der Waals surface area contributed by atoms with E-state index >= 15 is 0 Å². The summed E-state index contributed by atoms with van der Waals surface area (Å²) in [5.74, 6) is -3.55. The third-order valence-electron chi connectivity index (χ3n) is 4.64. The van der Waals surface area contributed by atoms with Crippen LogP contribution in [0, 0.1) is 17.6 Å². The minimum Gasteiger partial charge on any atom is -0.481 e. The number of nitrogens with two attached hydrogens (primary N) is 1. The van der Waals surface area contributed by atoms with Gasteiger partial charge in [-0.25, -0.2) is 13.5 Å². The lowest BCUT2D eigenvalue weighted by Crippen LogP contribution is -2.43. The highest BCUT2D eigenvalue weighted by Crippen LogP contribution is 2.20. The normalized spacial score (nSPS) is 14.8. The Hall–Kier alpha value is -3.30. The summed E-state index contributed by atoms with van der Waals surface area (Å²) in [5.41, 5.74) is 4.31. The van der Waals surface area contributed by atoms with Gasteiger partial charge in [0, 0.05) is 25.1 Å². The first-order valence-electron chi connectivity index (χ1n) is 8.54. The molecule has 28 heavy (non-hydrogen) atoms. The van der Waals surface area contributed by atoms with Crippen LogP contribution in [0.15, 0.2) is 29.1 Å². The van der Waals surface area contributed by atoms with Crippen LogP contribution in [0.3, 0.4) is 0 Å². The van der Waals surface area contributed by atoms with Gasteiger partial charge in [0.15, 0.2) is 17.3 Å². The highest BCUT2D eigenvalue weighted by atomic mass is 19.2. The summed E-state index contributed by atoms with van der Waals surface area (Å²) in [6.45, 7) is 0.509. The number of carbonyl (C=O) groups excluding carboxylic acids is 2. The number of amides is 2. The summed E-state index contributed by atoms with van der Waals surface area (Å²) in [5, 5.41) is 4.02. The monoisotopic (exact) mass is 392 g/mol. The zero-order valence-electron chi connectivity index (χ0n) is 15.0. The molecule has 1 aliphatic heterocycles. The second-order valence-corrected chi connectivity index (χ2v) is 6.38. The Labute approximate surface area is 158 Å². The van der Waals surface area contributed by atoms with Gasteiger partial charge in [0.1, 0.15) is 0 Å². The van der Waals surface area contributed by atoms with E-state index in [4.69, 9.17) is 10.5 Å². The van der Waals surface area contributed by atoms with Gasteiger partial charge in [-0.1, -0.05) is 0 Å². The number of aromatic nitrogens is 2. The fraction of sp³-hybridized carbons (Fsp3) is 0.333. The number of ether oxygens (including phenoxy) is 1. The predicted molar refractivity (Wildman–Crippen MR) is 94.1 cm³/mol. The molecule has 1 aliphatic rings. The Morgan fingerprint density at radius 1 is 1.18 bits per heavy atom. The lowest BCUT2D eigenvalue weighted by molar-refractivity contribution is -0.123. The fourth-order valence-corrected chi connectivity index (χ4v) is 3.05. The maximum absolute atomic E-state index is 13.6. The molecule has 0 spiro atoms. The number of likely N-dealkylation sites (tertiary alicyclic amines) is 1. The molecule has 1 saturated heterocycles. The maximum Gasteiger partial charge on any atom is 0.278 e. The van der Waals surface area contributed by atoms with Crippen molar-refractivity contribution in [3.63, 3.8) is 0 Å². The summed E-state index contributed by atoms with van der Waals surface area (Å²) in [6, 6.07) is 4.07. The molecular formula is C18H18F2N4O4. The Bertz CT molecular complexity index is 984. The maximum atomic E-state index is 13.6. The van der Waals surface area contributed by atoms with Gasteiger partial charge in [-0.2, -0.15) is 5.10 Å². The third kappa shape index (κ3) is 3.71. The van der Waals surface area contributed by atoms with Crippen LogP contribution in [-0.4, -0.2) is 46.7 Å². The third-order valence-corrected chi connectivity index (χ3v) is 4.64. The number of hydrogen-bond donors (Lipinski definition) is 1. The number of nitrogens with zero attached hydrogens (tertiary/aromatic N) is 3. The van der Waals surface area contributed by atoms with Crippen LogP contribution >= 0.6 is 0 Å². The van der Waals surface area contributed by atoms with Crippen LogP contribution in [0.5, 0.6) is 5.88 Å². The van der Waals surface area contributed by atoms with Crippen LogP contribution in [-0.2, 0) is 4.79 Å². The van der Waals surface area contributed by atoms with Gasteiger partial charge in [-0.15, -0.1) is 0 Å². The summed E-state index contributed by atoms with van der Waals surface area (Å²) in [4.78, 5) is 37.8. The Morgan fingerprint density at radius 2 is 1.86 bits per heavy atom. The van der Waals surface area contributed by atoms with Crippen molar-refractivity contribution in [1.29, 1.82) is 0 Å². The Kier molecular flexibility index (Phi) is 5.39. The number of rotatable bonds is 4. The van der Waals surface area contributed by atoms with Gasteiger partial charge in [0.05, 0.1) is 18.9 Å². The van der Waals surface area contributed by atoms with E-state index in [0.717, 1.165) is 22.9 Å². The first kappa shape index (κ1) is 19.5. The van der Waals surface area contributed by atoms with Crippen molar-refractivity contribution >= 4 is 11.8 Å². The summed E-state index contributed by atoms with van der Waals surface area (Å²) in [6.07, 6.45) is 0.795. The summed E-state index contributed by atoms with van der Waals surface area (Å²) < 4.78 is 32.9. The molecule has 2 N–H and O–H groups in total. The quantitative estimate of drug-likeness (QED) is 0.830. The molecule has 0 saturated carbocycles. The van der Waals surface area contributed by atoms with Crippen LogP contribution < -0.4 is 15.9 Å². The van der Waals surface area contributed by atoms with E-state index in [1.54, 1.807) is 0 Å². The smallest absolute Gasteiger partial charge is 0.278 e. The predicted octanol–water partition coefficient (Wildman–Crippen LogP) is 0.857. The number of hydrogen-bond acceptors (Lipinski definition) is 5. The van der Waals surface area contributed by atoms with E-state index in [1.807, 2.05) is 0 Å². The molecule has 2 heterocycles. The van der Waals surface area contributed by atoms with E-state index < -0.39 is 28.9 Å². The SMILES string of the molecule is COc1cc(=O)c(C(=O)N2CCC(C(N)=O)CC2)nn1-c1ccc(F)c(F)c1. The van der Waals surface area contributed by atoms with Crippen molar-refractivity contribution in [2.24, 2.45) is 11.7 Å². The largest absolute Gasteiger partial charge is 0.481 e. The van der Waals surface area contributed by atoms with Crippen LogP contribution in [0.25, 0.3) is 5.69 Å². The van der Waals surface area contributed by atoms with Gasteiger partial charge in [-0.05, 0) is 25.0 Å². The van der Waals surface area contributed by atoms with Crippen molar-refractivity contribution in [3.05, 3.63) is 51.8 Å². The van der Waals surface area contributed by atoms with Crippen molar-refractivity contribution in [1.82, 2.24) is 14.7 Å². The molecule has 10 heteroatoms. The van der Waals surface area contributed by atoms with E-state index in [9.17, 15) is 23.2 Å². The first-order valence-corrected chi connectivity index (χ1v) is 8.54. The van der Waals surface area contributed by atoms with Gasteiger partial charge in [-0.3, -0.25) is 14.4 Å². The van der Waals surface area contributed by atoms with Gasteiger partial charge < -0.3 is 15.4 Å².